The van der Waals surface area contributed by atoms with E-state index < -0.39 is 0 Å². The number of likely N-dealkylation sites (N-methyl/N-ethyl adjacent to an activating group) is 1. The fourth-order valence-electron chi connectivity index (χ4n) is 1.09. The zero-order valence-corrected chi connectivity index (χ0v) is 10.1. The van der Waals surface area contributed by atoms with Gasteiger partial charge in [-0.05, 0) is 5.41 Å². The van der Waals surface area contributed by atoms with Crippen LogP contribution in [0.5, 0.6) is 0 Å². The molecule has 0 aromatic carbocycles. The van der Waals surface area contributed by atoms with Crippen LogP contribution in [0.25, 0.3) is 0 Å². The van der Waals surface area contributed by atoms with Crippen LogP contribution in [0.15, 0.2) is 0 Å². The number of hydroxylamine groups is 2. The van der Waals surface area contributed by atoms with Gasteiger partial charge in [0.2, 0.25) is 5.91 Å². The van der Waals surface area contributed by atoms with Crippen LogP contribution >= 0.6 is 0 Å². The lowest BCUT2D eigenvalue weighted by molar-refractivity contribution is -0.159. The smallest absolute Gasteiger partial charge is 0.250 e. The summed E-state index contributed by atoms with van der Waals surface area (Å²) in [6.07, 6.45) is 0. The van der Waals surface area contributed by atoms with Gasteiger partial charge >= 0.3 is 0 Å². The van der Waals surface area contributed by atoms with E-state index in [-0.39, 0.29) is 17.9 Å². The van der Waals surface area contributed by atoms with Gasteiger partial charge in [0.05, 0.1) is 0 Å². The van der Waals surface area contributed by atoms with Crippen molar-refractivity contribution in [2.24, 2.45) is 5.41 Å². The Balaban J connectivity index is 3.88. The quantitative estimate of drug-likeness (QED) is 0.637. The largest absolute Gasteiger partial charge is 0.343 e. The van der Waals surface area contributed by atoms with Gasteiger partial charge in [-0.15, -0.1) is 0 Å². The second kappa shape index (κ2) is 5.32. The number of rotatable bonds is 4. The maximum absolute atomic E-state index is 11.5. The van der Waals surface area contributed by atoms with Crippen LogP contribution in [0, 0.1) is 5.41 Å². The molecule has 4 heteroatoms. The minimum absolute atomic E-state index is 0.00799. The SMILES string of the molecule is CN(C)OCC(=O)N(C)CC(C)(C)C. The van der Waals surface area contributed by atoms with Crippen molar-refractivity contribution >= 4 is 5.91 Å². The summed E-state index contributed by atoms with van der Waals surface area (Å²) in [5.74, 6) is 0.00799. The van der Waals surface area contributed by atoms with E-state index in [2.05, 4.69) is 20.8 Å². The molecule has 0 fully saturated rings. The lowest BCUT2D eigenvalue weighted by Gasteiger charge is -2.26. The van der Waals surface area contributed by atoms with E-state index >= 15 is 0 Å². The minimum Gasteiger partial charge on any atom is -0.343 e. The van der Waals surface area contributed by atoms with Crippen molar-refractivity contribution in [2.75, 3.05) is 34.3 Å². The summed E-state index contributed by atoms with van der Waals surface area (Å²) in [4.78, 5) is 18.3. The second-order valence-corrected chi connectivity index (χ2v) is 4.90. The molecule has 0 saturated heterocycles. The molecule has 84 valence electrons. The Morgan fingerprint density at radius 3 is 2.07 bits per heavy atom. The number of amides is 1. The average Bonchev–Trinajstić information content (AvgIpc) is 1.96. The van der Waals surface area contributed by atoms with Crippen molar-refractivity contribution in [3.05, 3.63) is 0 Å². The van der Waals surface area contributed by atoms with Crippen LogP contribution in [0.3, 0.4) is 0 Å². The Labute approximate surface area is 86.8 Å². The Hall–Kier alpha value is -0.610. The Kier molecular flexibility index (Phi) is 5.08. The lowest BCUT2D eigenvalue weighted by atomic mass is 9.96. The van der Waals surface area contributed by atoms with Crippen molar-refractivity contribution in [2.45, 2.75) is 20.8 Å². The van der Waals surface area contributed by atoms with Gasteiger partial charge in [0, 0.05) is 27.7 Å². The molecule has 14 heavy (non-hydrogen) atoms. The molecule has 1 amide bonds. The van der Waals surface area contributed by atoms with Crippen LogP contribution in [0.1, 0.15) is 20.8 Å². The van der Waals surface area contributed by atoms with Gasteiger partial charge in [-0.25, -0.2) is 0 Å². The van der Waals surface area contributed by atoms with E-state index in [1.165, 1.54) is 5.06 Å². The first-order valence-electron chi connectivity index (χ1n) is 4.76. The lowest BCUT2D eigenvalue weighted by Crippen LogP contribution is -2.37. The molecule has 0 radical (unpaired) electrons. The fraction of sp³-hybridized carbons (Fsp3) is 0.900. The maximum Gasteiger partial charge on any atom is 0.250 e. The highest BCUT2D eigenvalue weighted by Crippen LogP contribution is 2.13. The maximum atomic E-state index is 11.5. The van der Waals surface area contributed by atoms with Gasteiger partial charge in [-0.2, -0.15) is 5.06 Å². The molecule has 0 unspecified atom stereocenters. The molecule has 0 rings (SSSR count). The number of hydrogen-bond acceptors (Lipinski definition) is 3. The summed E-state index contributed by atoms with van der Waals surface area (Å²) < 4.78 is 0. The Morgan fingerprint density at radius 1 is 1.21 bits per heavy atom. The van der Waals surface area contributed by atoms with Crippen molar-refractivity contribution in [1.29, 1.82) is 0 Å². The third-order valence-corrected chi connectivity index (χ3v) is 1.58. The van der Waals surface area contributed by atoms with Crippen molar-refractivity contribution in [3.63, 3.8) is 0 Å². The summed E-state index contributed by atoms with van der Waals surface area (Å²) in [7, 11) is 5.32. The molecule has 0 atom stereocenters. The molecular formula is C10H22N2O2. The highest BCUT2D eigenvalue weighted by atomic mass is 16.7. The van der Waals surface area contributed by atoms with Gasteiger partial charge in [-0.1, -0.05) is 20.8 Å². The summed E-state index contributed by atoms with van der Waals surface area (Å²) in [5, 5.41) is 1.53. The van der Waals surface area contributed by atoms with Crippen LogP contribution in [0.2, 0.25) is 0 Å². The number of nitrogens with zero attached hydrogens (tertiary/aromatic N) is 2. The van der Waals surface area contributed by atoms with Crippen molar-refractivity contribution in [3.8, 4) is 0 Å². The highest BCUT2D eigenvalue weighted by molar-refractivity contribution is 5.77. The molecule has 0 aromatic rings. The topological polar surface area (TPSA) is 32.8 Å². The molecule has 0 N–H and O–H groups in total. The number of carbonyl (C=O) groups is 1. The number of carbonyl (C=O) groups excluding carboxylic acids is 1. The minimum atomic E-state index is 0.00799. The first-order valence-corrected chi connectivity index (χ1v) is 4.76. The molecular weight excluding hydrogens is 180 g/mol. The highest BCUT2D eigenvalue weighted by Gasteiger charge is 2.17. The predicted octanol–water partition coefficient (Wildman–Crippen LogP) is 0.984. The first kappa shape index (κ1) is 13.4. The van der Waals surface area contributed by atoms with Gasteiger partial charge in [0.15, 0.2) is 0 Å². The molecule has 4 nitrogen and oxygen atoms in total. The molecule has 0 heterocycles. The van der Waals surface area contributed by atoms with Gasteiger partial charge < -0.3 is 4.90 Å². The Bertz CT molecular complexity index is 185. The monoisotopic (exact) mass is 202 g/mol. The molecule has 0 spiro atoms. The zero-order chi connectivity index (χ0) is 11.4. The summed E-state index contributed by atoms with van der Waals surface area (Å²) in [6.45, 7) is 7.15. The molecule has 0 bridgehead atoms. The molecule has 0 aliphatic heterocycles. The van der Waals surface area contributed by atoms with Gasteiger partial charge in [0.1, 0.15) is 6.61 Å². The molecule has 0 aliphatic rings. The summed E-state index contributed by atoms with van der Waals surface area (Å²) >= 11 is 0. The van der Waals surface area contributed by atoms with E-state index in [0.29, 0.717) is 0 Å². The Morgan fingerprint density at radius 2 is 1.71 bits per heavy atom. The van der Waals surface area contributed by atoms with E-state index in [4.69, 9.17) is 4.84 Å². The molecule has 0 aliphatic carbocycles. The van der Waals surface area contributed by atoms with E-state index in [9.17, 15) is 4.79 Å². The average molecular weight is 202 g/mol. The van der Waals surface area contributed by atoms with Crippen molar-refractivity contribution < 1.29 is 9.63 Å². The van der Waals surface area contributed by atoms with Crippen LogP contribution < -0.4 is 0 Å². The second-order valence-electron chi connectivity index (χ2n) is 4.90. The normalized spacial score (nSPS) is 11.9. The summed E-state index contributed by atoms with van der Waals surface area (Å²) in [5.41, 5.74) is 0.128. The third kappa shape index (κ3) is 6.86. The van der Waals surface area contributed by atoms with Crippen LogP contribution in [0.4, 0.5) is 0 Å². The van der Waals surface area contributed by atoms with Gasteiger partial charge in [-0.3, -0.25) is 9.63 Å². The van der Waals surface area contributed by atoms with E-state index in [0.717, 1.165) is 6.54 Å². The zero-order valence-electron chi connectivity index (χ0n) is 10.1. The third-order valence-electron chi connectivity index (χ3n) is 1.58. The van der Waals surface area contributed by atoms with E-state index in [1.54, 1.807) is 26.0 Å². The van der Waals surface area contributed by atoms with Crippen LogP contribution in [-0.4, -0.2) is 50.2 Å². The van der Waals surface area contributed by atoms with Crippen LogP contribution in [-0.2, 0) is 9.63 Å². The standard InChI is InChI=1S/C10H22N2O2/c1-10(2,3)8-12(6)9(13)7-14-11(4)5/h7-8H2,1-6H3. The van der Waals surface area contributed by atoms with Crippen molar-refractivity contribution in [1.82, 2.24) is 9.96 Å². The molecule has 0 aromatic heterocycles. The number of hydrogen-bond donors (Lipinski definition) is 0. The van der Waals surface area contributed by atoms with Gasteiger partial charge in [0.25, 0.3) is 0 Å². The first-order chi connectivity index (χ1) is 6.22. The summed E-state index contributed by atoms with van der Waals surface area (Å²) in [6, 6.07) is 0. The molecule has 0 saturated carbocycles. The fourth-order valence-corrected chi connectivity index (χ4v) is 1.09. The van der Waals surface area contributed by atoms with E-state index in [1.807, 2.05) is 0 Å². The predicted molar refractivity (Wildman–Crippen MR) is 56.7 cm³/mol.